The lowest BCUT2D eigenvalue weighted by Gasteiger charge is -2.21. The molecule has 0 unspecified atom stereocenters. The molecule has 0 aromatic heterocycles. The van der Waals surface area contributed by atoms with E-state index in [1.54, 1.807) is 7.05 Å². The number of anilines is 2. The Bertz CT molecular complexity index is 358. The van der Waals surface area contributed by atoms with Crippen LogP contribution in [-0.4, -0.2) is 32.6 Å². The van der Waals surface area contributed by atoms with Gasteiger partial charge in [0, 0.05) is 44.5 Å². The van der Waals surface area contributed by atoms with E-state index in [4.69, 9.17) is 0 Å². The normalized spacial score (nSPS) is 9.94. The molecule has 2 N–H and O–H groups in total. The van der Waals surface area contributed by atoms with Gasteiger partial charge in [0.25, 0.3) is 0 Å². The van der Waals surface area contributed by atoms with E-state index in [9.17, 15) is 4.79 Å². The van der Waals surface area contributed by atoms with Gasteiger partial charge >= 0.3 is 0 Å². The summed E-state index contributed by atoms with van der Waals surface area (Å²) < 4.78 is 0. The van der Waals surface area contributed by atoms with Crippen molar-refractivity contribution in [2.45, 2.75) is 20.3 Å². The first-order valence-corrected chi connectivity index (χ1v) is 6.50. The van der Waals surface area contributed by atoms with Crippen molar-refractivity contribution in [3.63, 3.8) is 0 Å². The number of hydrogen-bond acceptors (Lipinski definition) is 3. The van der Waals surface area contributed by atoms with Gasteiger partial charge in [-0.3, -0.25) is 4.79 Å². The molecule has 0 spiro atoms. The fraction of sp³-hybridized carbons (Fsp3) is 0.500. The van der Waals surface area contributed by atoms with Crippen LogP contribution in [0.1, 0.15) is 20.3 Å². The quantitative estimate of drug-likeness (QED) is 0.777. The van der Waals surface area contributed by atoms with Crippen LogP contribution >= 0.6 is 0 Å². The van der Waals surface area contributed by atoms with Crippen LogP contribution in [0.15, 0.2) is 24.3 Å². The van der Waals surface area contributed by atoms with Gasteiger partial charge in [0.15, 0.2) is 0 Å². The number of hydrogen-bond donors (Lipinski definition) is 2. The van der Waals surface area contributed by atoms with Crippen molar-refractivity contribution in [1.29, 1.82) is 0 Å². The molecule has 1 aromatic rings. The molecule has 100 valence electrons. The Morgan fingerprint density at radius 2 is 1.78 bits per heavy atom. The van der Waals surface area contributed by atoms with Crippen molar-refractivity contribution < 1.29 is 4.79 Å². The van der Waals surface area contributed by atoms with Crippen LogP contribution in [-0.2, 0) is 4.79 Å². The zero-order valence-corrected chi connectivity index (χ0v) is 11.5. The lowest BCUT2D eigenvalue weighted by molar-refractivity contribution is -0.120. The second-order valence-corrected chi connectivity index (χ2v) is 4.07. The molecule has 0 aliphatic heterocycles. The van der Waals surface area contributed by atoms with E-state index in [1.807, 2.05) is 0 Å². The Hall–Kier alpha value is -1.71. The van der Waals surface area contributed by atoms with Crippen LogP contribution < -0.4 is 15.5 Å². The van der Waals surface area contributed by atoms with E-state index in [-0.39, 0.29) is 5.91 Å². The maximum atomic E-state index is 11.1. The monoisotopic (exact) mass is 249 g/mol. The second kappa shape index (κ2) is 7.58. The van der Waals surface area contributed by atoms with Gasteiger partial charge in [-0.15, -0.1) is 0 Å². The van der Waals surface area contributed by atoms with E-state index in [0.29, 0.717) is 13.0 Å². The number of amides is 1. The van der Waals surface area contributed by atoms with Crippen LogP contribution in [0, 0.1) is 0 Å². The lowest BCUT2D eigenvalue weighted by atomic mass is 10.2. The molecule has 0 fully saturated rings. The van der Waals surface area contributed by atoms with Crippen LogP contribution in [0.5, 0.6) is 0 Å². The molecule has 1 aromatic carbocycles. The van der Waals surface area contributed by atoms with Gasteiger partial charge in [0.2, 0.25) is 5.91 Å². The first-order valence-electron chi connectivity index (χ1n) is 6.50. The minimum Gasteiger partial charge on any atom is -0.385 e. The molecule has 18 heavy (non-hydrogen) atoms. The lowest BCUT2D eigenvalue weighted by Crippen LogP contribution is -2.22. The summed E-state index contributed by atoms with van der Waals surface area (Å²) >= 11 is 0. The summed E-state index contributed by atoms with van der Waals surface area (Å²) in [5.74, 6) is 0.0576. The summed E-state index contributed by atoms with van der Waals surface area (Å²) in [7, 11) is 1.65. The van der Waals surface area contributed by atoms with E-state index in [2.05, 4.69) is 53.6 Å². The number of nitrogens with zero attached hydrogens (tertiary/aromatic N) is 1. The molecule has 0 atom stereocenters. The Balaban J connectivity index is 2.47. The molecule has 1 amide bonds. The summed E-state index contributed by atoms with van der Waals surface area (Å²) in [5.41, 5.74) is 2.28. The highest BCUT2D eigenvalue weighted by atomic mass is 16.1. The highest BCUT2D eigenvalue weighted by molar-refractivity contribution is 5.76. The van der Waals surface area contributed by atoms with Gasteiger partial charge in [-0.25, -0.2) is 0 Å². The highest BCUT2D eigenvalue weighted by Gasteiger charge is 2.01. The molecule has 1 rings (SSSR count). The fourth-order valence-corrected chi connectivity index (χ4v) is 1.82. The summed E-state index contributed by atoms with van der Waals surface area (Å²) in [6.07, 6.45) is 0.494. The Labute approximate surface area is 109 Å². The summed E-state index contributed by atoms with van der Waals surface area (Å²) in [6, 6.07) is 8.32. The fourth-order valence-electron chi connectivity index (χ4n) is 1.82. The molecule has 0 saturated carbocycles. The van der Waals surface area contributed by atoms with Gasteiger partial charge in [0.05, 0.1) is 0 Å². The minimum atomic E-state index is 0.0576. The third-order valence-electron chi connectivity index (χ3n) is 2.96. The maximum absolute atomic E-state index is 11.1. The Morgan fingerprint density at radius 3 is 2.28 bits per heavy atom. The first kappa shape index (κ1) is 14.4. The van der Waals surface area contributed by atoms with Crippen molar-refractivity contribution in [3.05, 3.63) is 24.3 Å². The van der Waals surface area contributed by atoms with Crippen LogP contribution in [0.25, 0.3) is 0 Å². The molecule has 4 heteroatoms. The topological polar surface area (TPSA) is 44.4 Å². The van der Waals surface area contributed by atoms with Crippen LogP contribution in [0.2, 0.25) is 0 Å². The molecular formula is C14H23N3O. The molecule has 0 aliphatic rings. The predicted molar refractivity (Wildman–Crippen MR) is 77.2 cm³/mol. The zero-order chi connectivity index (χ0) is 13.4. The molecular weight excluding hydrogens is 226 g/mol. The Morgan fingerprint density at radius 1 is 1.17 bits per heavy atom. The number of benzene rings is 1. The van der Waals surface area contributed by atoms with E-state index < -0.39 is 0 Å². The van der Waals surface area contributed by atoms with Crippen molar-refractivity contribution in [2.24, 2.45) is 0 Å². The number of carbonyl (C=O) groups excluding carboxylic acids is 1. The van der Waals surface area contributed by atoms with Gasteiger partial charge in [0.1, 0.15) is 0 Å². The van der Waals surface area contributed by atoms with E-state index >= 15 is 0 Å². The summed E-state index contributed by atoms with van der Waals surface area (Å²) in [6.45, 7) is 6.99. The van der Waals surface area contributed by atoms with Gasteiger partial charge in [-0.2, -0.15) is 0 Å². The molecule has 0 saturated heterocycles. The van der Waals surface area contributed by atoms with Crippen molar-refractivity contribution in [3.8, 4) is 0 Å². The predicted octanol–water partition coefficient (Wildman–Crippen LogP) is 2.08. The number of carbonyl (C=O) groups is 1. The standard InChI is InChI=1S/C14H23N3O/c1-4-17(5-2)13-8-6-12(7-9-13)16-11-10-14(18)15-3/h6-9,16H,4-5,10-11H2,1-3H3,(H,15,18). The van der Waals surface area contributed by atoms with Gasteiger partial charge in [-0.05, 0) is 38.1 Å². The van der Waals surface area contributed by atoms with Crippen molar-refractivity contribution >= 4 is 17.3 Å². The number of rotatable bonds is 7. The van der Waals surface area contributed by atoms with Crippen molar-refractivity contribution in [1.82, 2.24) is 5.32 Å². The zero-order valence-electron chi connectivity index (χ0n) is 11.5. The van der Waals surface area contributed by atoms with Gasteiger partial charge < -0.3 is 15.5 Å². The van der Waals surface area contributed by atoms with Crippen LogP contribution in [0.4, 0.5) is 11.4 Å². The third-order valence-corrected chi connectivity index (χ3v) is 2.96. The first-order chi connectivity index (χ1) is 8.71. The molecule has 0 radical (unpaired) electrons. The summed E-state index contributed by atoms with van der Waals surface area (Å²) in [5, 5.41) is 5.84. The average molecular weight is 249 g/mol. The third kappa shape index (κ3) is 4.28. The molecule has 0 bridgehead atoms. The molecule has 0 heterocycles. The van der Waals surface area contributed by atoms with Crippen molar-refractivity contribution in [2.75, 3.05) is 36.9 Å². The van der Waals surface area contributed by atoms with Crippen LogP contribution in [0.3, 0.4) is 0 Å². The average Bonchev–Trinajstić information content (AvgIpc) is 2.41. The smallest absolute Gasteiger partial charge is 0.221 e. The number of nitrogens with one attached hydrogen (secondary N) is 2. The van der Waals surface area contributed by atoms with E-state index in [0.717, 1.165) is 18.8 Å². The minimum absolute atomic E-state index is 0.0576. The largest absolute Gasteiger partial charge is 0.385 e. The molecule has 0 aliphatic carbocycles. The van der Waals surface area contributed by atoms with Gasteiger partial charge in [-0.1, -0.05) is 0 Å². The molecule has 4 nitrogen and oxygen atoms in total. The maximum Gasteiger partial charge on any atom is 0.221 e. The summed E-state index contributed by atoms with van der Waals surface area (Å²) in [4.78, 5) is 13.4. The highest BCUT2D eigenvalue weighted by Crippen LogP contribution is 2.17. The second-order valence-electron chi connectivity index (χ2n) is 4.07. The SMILES string of the molecule is CCN(CC)c1ccc(NCCC(=O)NC)cc1. The Kier molecular flexibility index (Phi) is 6.05. The van der Waals surface area contributed by atoms with E-state index in [1.165, 1.54) is 5.69 Å².